The molecule has 214 valence electrons. The van der Waals surface area contributed by atoms with Crippen LogP contribution in [0.1, 0.15) is 116 Å². The Morgan fingerprint density at radius 1 is 0.949 bits per heavy atom. The van der Waals surface area contributed by atoms with Gasteiger partial charge in [0.25, 0.3) is 0 Å². The molecule has 0 amide bonds. The number of ether oxygens (including phenoxy) is 2. The Bertz CT molecular complexity index is 1100. The van der Waals surface area contributed by atoms with Gasteiger partial charge in [0.2, 0.25) is 0 Å². The van der Waals surface area contributed by atoms with Crippen molar-refractivity contribution in [3.05, 3.63) is 29.3 Å². The highest BCUT2D eigenvalue weighted by molar-refractivity contribution is 6.87. The van der Waals surface area contributed by atoms with Gasteiger partial charge < -0.3 is 9.47 Å². The average Bonchev–Trinajstić information content (AvgIpc) is 3.21. The van der Waals surface area contributed by atoms with E-state index in [2.05, 4.69) is 51.3 Å². The molecule has 2 fully saturated rings. The van der Waals surface area contributed by atoms with Crippen LogP contribution < -0.4 is 4.74 Å². The number of carbonyl (C=O) groups is 2. The second kappa shape index (κ2) is 12.2. The predicted octanol–water partition coefficient (Wildman–Crippen LogP) is 8.38. The molecule has 3 aliphatic rings. The van der Waals surface area contributed by atoms with E-state index in [1.54, 1.807) is 0 Å². The van der Waals surface area contributed by atoms with E-state index in [0.29, 0.717) is 36.3 Å². The Hall–Kier alpha value is -2.06. The van der Waals surface area contributed by atoms with Crippen molar-refractivity contribution in [3.8, 4) is 17.2 Å². The van der Waals surface area contributed by atoms with E-state index in [1.807, 2.05) is 19.9 Å². The number of carbonyl (C=O) groups excluding carboxylic acids is 2. The summed E-state index contributed by atoms with van der Waals surface area (Å²) in [5, 5.41) is 0. The number of aryl methyl sites for hydroxylation is 1. The molecule has 0 heterocycles. The Morgan fingerprint density at radius 2 is 1.64 bits per heavy atom. The lowest BCUT2D eigenvalue weighted by Gasteiger charge is -2.53. The first-order valence-electron chi connectivity index (χ1n) is 15.8. The van der Waals surface area contributed by atoms with Crippen molar-refractivity contribution >= 4 is 20.0 Å². The second-order valence-electron chi connectivity index (χ2n) is 12.6. The normalized spacial score (nSPS) is 29.3. The number of esters is 2. The first-order valence-corrected chi connectivity index (χ1v) is 18.4. The molecule has 1 aromatic carbocycles. The monoisotopic (exact) mass is 550 g/mol. The quantitative estimate of drug-likeness (QED) is 0.134. The minimum absolute atomic E-state index is 0.0771. The molecule has 0 bridgehead atoms. The van der Waals surface area contributed by atoms with Crippen LogP contribution in [-0.2, 0) is 20.7 Å². The van der Waals surface area contributed by atoms with Gasteiger partial charge in [-0.15, -0.1) is 5.54 Å². The molecule has 3 aliphatic carbocycles. The number of benzene rings is 1. The van der Waals surface area contributed by atoms with Crippen molar-refractivity contribution in [3.63, 3.8) is 0 Å². The SMILES string of the molecule is CCCC(=O)Oc1ccc2c(c1)CC[C@@H]1[C@@H]2CC[C@@]2(C)[C@H]1CC[C@]2(C#C[Si](CC)(CC)CC)OC(=O)CCC. The second-order valence-corrected chi connectivity index (χ2v) is 17.6. The van der Waals surface area contributed by atoms with Crippen molar-refractivity contribution in [2.24, 2.45) is 17.3 Å². The number of hydrogen-bond acceptors (Lipinski definition) is 4. The Morgan fingerprint density at radius 3 is 2.31 bits per heavy atom. The first kappa shape index (κ1) is 29.9. The van der Waals surface area contributed by atoms with Crippen molar-refractivity contribution in [2.45, 2.75) is 135 Å². The fourth-order valence-corrected chi connectivity index (χ4v) is 10.6. The lowest BCUT2D eigenvalue weighted by atomic mass is 9.53. The van der Waals surface area contributed by atoms with E-state index in [1.165, 1.54) is 11.1 Å². The van der Waals surface area contributed by atoms with E-state index in [4.69, 9.17) is 9.47 Å². The summed E-state index contributed by atoms with van der Waals surface area (Å²) in [6, 6.07) is 9.78. The van der Waals surface area contributed by atoms with Gasteiger partial charge in [-0.05, 0) is 111 Å². The molecule has 4 rings (SSSR count). The maximum absolute atomic E-state index is 13.0. The predicted molar refractivity (Wildman–Crippen MR) is 160 cm³/mol. The minimum Gasteiger partial charge on any atom is -0.445 e. The Labute approximate surface area is 238 Å². The third kappa shape index (κ3) is 5.60. The molecular formula is C34H50O4Si. The summed E-state index contributed by atoms with van der Waals surface area (Å²) in [5.41, 5.74) is 5.85. The van der Waals surface area contributed by atoms with Gasteiger partial charge in [0, 0.05) is 18.3 Å². The number of hydrogen-bond donors (Lipinski definition) is 0. The molecule has 0 radical (unpaired) electrons. The molecule has 1 aromatic rings. The van der Waals surface area contributed by atoms with Crippen LogP contribution in [0.5, 0.6) is 5.75 Å². The van der Waals surface area contributed by atoms with Crippen LogP contribution in [0.3, 0.4) is 0 Å². The summed E-state index contributed by atoms with van der Waals surface area (Å²) in [7, 11) is -1.68. The first-order chi connectivity index (χ1) is 18.7. The van der Waals surface area contributed by atoms with Gasteiger partial charge in [-0.25, -0.2) is 0 Å². The van der Waals surface area contributed by atoms with Crippen LogP contribution in [0.2, 0.25) is 18.1 Å². The Kier molecular flexibility index (Phi) is 9.36. The highest BCUT2D eigenvalue weighted by Crippen LogP contribution is 2.65. The Balaban J connectivity index is 1.64. The molecule has 0 N–H and O–H groups in total. The highest BCUT2D eigenvalue weighted by atomic mass is 28.3. The van der Waals surface area contributed by atoms with Crippen LogP contribution in [0, 0.1) is 28.7 Å². The van der Waals surface area contributed by atoms with Gasteiger partial charge in [-0.3, -0.25) is 9.59 Å². The van der Waals surface area contributed by atoms with Gasteiger partial charge in [-0.2, -0.15) is 0 Å². The van der Waals surface area contributed by atoms with Gasteiger partial charge in [-0.1, -0.05) is 53.5 Å². The molecule has 0 saturated heterocycles. The summed E-state index contributed by atoms with van der Waals surface area (Å²) >= 11 is 0. The van der Waals surface area contributed by atoms with E-state index >= 15 is 0 Å². The van der Waals surface area contributed by atoms with E-state index in [9.17, 15) is 9.59 Å². The van der Waals surface area contributed by atoms with Crippen LogP contribution in [0.15, 0.2) is 18.2 Å². The highest BCUT2D eigenvalue weighted by Gasteiger charge is 2.64. The smallest absolute Gasteiger partial charge is 0.311 e. The maximum Gasteiger partial charge on any atom is 0.311 e. The molecule has 5 heteroatoms. The summed E-state index contributed by atoms with van der Waals surface area (Å²) < 4.78 is 12.1. The molecule has 0 aromatic heterocycles. The number of rotatable bonds is 9. The lowest BCUT2D eigenvalue weighted by molar-refractivity contribution is -0.168. The summed E-state index contributed by atoms with van der Waals surface area (Å²) in [6.45, 7) is 13.3. The zero-order chi connectivity index (χ0) is 28.3. The van der Waals surface area contributed by atoms with Gasteiger partial charge in [0.05, 0.1) is 0 Å². The van der Waals surface area contributed by atoms with E-state index < -0.39 is 13.7 Å². The van der Waals surface area contributed by atoms with Gasteiger partial charge in [0.1, 0.15) is 13.8 Å². The van der Waals surface area contributed by atoms with Crippen LogP contribution in [0.25, 0.3) is 0 Å². The third-order valence-electron chi connectivity index (χ3n) is 10.8. The lowest BCUT2D eigenvalue weighted by Crippen LogP contribution is -2.52. The largest absolute Gasteiger partial charge is 0.445 e. The minimum atomic E-state index is -1.68. The van der Waals surface area contributed by atoms with Crippen LogP contribution in [-0.4, -0.2) is 25.6 Å². The molecule has 0 aliphatic heterocycles. The topological polar surface area (TPSA) is 52.6 Å². The van der Waals surface area contributed by atoms with Crippen molar-refractivity contribution in [1.29, 1.82) is 0 Å². The maximum atomic E-state index is 13.0. The summed E-state index contributed by atoms with van der Waals surface area (Å²) in [5.74, 6) is 5.82. The molecule has 0 spiro atoms. The molecule has 5 atom stereocenters. The summed E-state index contributed by atoms with van der Waals surface area (Å²) in [4.78, 5) is 25.1. The van der Waals surface area contributed by atoms with E-state index in [-0.39, 0.29) is 17.4 Å². The van der Waals surface area contributed by atoms with Crippen LogP contribution in [0.4, 0.5) is 0 Å². The molecular weight excluding hydrogens is 500 g/mol. The fourth-order valence-electron chi connectivity index (χ4n) is 8.10. The van der Waals surface area contributed by atoms with Gasteiger partial charge in [0.15, 0.2) is 5.60 Å². The van der Waals surface area contributed by atoms with Crippen molar-refractivity contribution < 1.29 is 19.1 Å². The van der Waals surface area contributed by atoms with Crippen LogP contribution >= 0.6 is 0 Å². The fraction of sp³-hybridized carbons (Fsp3) is 0.706. The third-order valence-corrected chi connectivity index (χ3v) is 15.5. The molecule has 39 heavy (non-hydrogen) atoms. The van der Waals surface area contributed by atoms with E-state index in [0.717, 1.165) is 69.5 Å². The van der Waals surface area contributed by atoms with Gasteiger partial charge >= 0.3 is 11.9 Å². The van der Waals surface area contributed by atoms with Crippen molar-refractivity contribution in [1.82, 2.24) is 0 Å². The zero-order valence-corrected chi connectivity index (χ0v) is 26.3. The number of fused-ring (bicyclic) bond motifs is 5. The average molecular weight is 551 g/mol. The molecule has 4 nitrogen and oxygen atoms in total. The standard InChI is InChI=1S/C34H50O4Si/c1-7-12-31(35)37-26-15-17-27-25(24-26)14-16-29-28(27)18-20-33(6)30(29)19-21-34(33,38-32(36)13-8-2)22-23-39(9-3,10-4)11-5/h15,17,24,28-30H,7-14,16,18-21H2,1-6H3/t28-,29-,30+,33+,34-/m1/s1. The molecule has 2 saturated carbocycles. The zero-order valence-electron chi connectivity index (χ0n) is 25.3. The molecule has 0 unspecified atom stereocenters. The summed E-state index contributed by atoms with van der Waals surface area (Å²) in [6.07, 6.45) is 8.71. The van der Waals surface area contributed by atoms with Crippen molar-refractivity contribution in [2.75, 3.05) is 0 Å².